The second kappa shape index (κ2) is 37.8. The summed E-state index contributed by atoms with van der Waals surface area (Å²) in [4.78, 5) is 0. The topological polar surface area (TPSA) is 18.5 Å². The van der Waals surface area contributed by atoms with Gasteiger partial charge in [-0.1, -0.05) is 154 Å². The molecule has 45 heavy (non-hydrogen) atoms. The third-order valence-electron chi connectivity index (χ3n) is 9.28. The minimum absolute atomic E-state index is 0.868. The molecular weight excluding hydrogens is 550 g/mol. The Morgan fingerprint density at radius 1 is 0.333 bits per heavy atom. The monoisotopic (exact) mass is 635 g/mol. The molecule has 0 spiro atoms. The lowest BCUT2D eigenvalue weighted by molar-refractivity contribution is -0.891. The van der Waals surface area contributed by atoms with E-state index in [1.807, 2.05) is 0 Å². The van der Waals surface area contributed by atoms with Crippen LogP contribution in [-0.2, 0) is 9.47 Å². The maximum absolute atomic E-state index is 5.96. The lowest BCUT2D eigenvalue weighted by atomic mass is 10.1. The summed E-state index contributed by atoms with van der Waals surface area (Å²) in [5, 5.41) is 0. The van der Waals surface area contributed by atoms with Gasteiger partial charge in [0.25, 0.3) is 0 Å². The molecule has 0 rings (SSSR count). The van der Waals surface area contributed by atoms with E-state index in [1.165, 1.54) is 180 Å². The number of unbranched alkanes of at least 4 members (excludes halogenated alkanes) is 24. The van der Waals surface area contributed by atoms with Crippen LogP contribution in [0.2, 0.25) is 0 Å². The smallest absolute Gasteiger partial charge is 0.102 e. The molecule has 3 nitrogen and oxygen atoms in total. The summed E-state index contributed by atoms with van der Waals surface area (Å²) in [7, 11) is 4.61. The van der Waals surface area contributed by atoms with Crippen molar-refractivity contribution in [1.82, 2.24) is 0 Å². The molecule has 0 fully saturated rings. The van der Waals surface area contributed by atoms with E-state index in [0.29, 0.717) is 0 Å². The molecule has 0 aromatic carbocycles. The van der Waals surface area contributed by atoms with Gasteiger partial charge in [-0.15, -0.1) is 0 Å². The summed E-state index contributed by atoms with van der Waals surface area (Å²) < 4.78 is 12.9. The zero-order chi connectivity index (χ0) is 32.8. The predicted molar refractivity (Wildman–Crippen MR) is 202 cm³/mol. The lowest BCUT2D eigenvalue weighted by Crippen LogP contribution is -2.44. The summed E-state index contributed by atoms with van der Waals surface area (Å²) in [6, 6.07) is 0. The summed E-state index contributed by atoms with van der Waals surface area (Å²) in [5.74, 6) is 0. The molecule has 0 bridgehead atoms. The van der Waals surface area contributed by atoms with Gasteiger partial charge in [0, 0.05) is 13.2 Å². The molecule has 0 aliphatic heterocycles. The predicted octanol–water partition coefficient (Wildman–Crippen LogP) is 13.2. The van der Waals surface area contributed by atoms with E-state index in [1.54, 1.807) is 0 Å². The van der Waals surface area contributed by atoms with Gasteiger partial charge in [-0.3, -0.25) is 0 Å². The van der Waals surface area contributed by atoms with E-state index in [0.717, 1.165) is 44.0 Å². The Hall–Kier alpha value is -0.640. The maximum Gasteiger partial charge on any atom is 0.102 e. The Morgan fingerprint density at radius 2 is 0.600 bits per heavy atom. The molecule has 0 heterocycles. The zero-order valence-corrected chi connectivity index (χ0v) is 31.6. The van der Waals surface area contributed by atoms with Crippen LogP contribution in [0.25, 0.3) is 0 Å². The summed E-state index contributed by atoms with van der Waals surface area (Å²) in [6.07, 6.45) is 47.7. The molecule has 0 amide bonds. The molecule has 0 atom stereocenters. The van der Waals surface area contributed by atoms with Crippen LogP contribution in [0.5, 0.6) is 0 Å². The molecule has 0 N–H and O–H groups in total. The molecule has 0 saturated carbocycles. The average molecular weight is 635 g/mol. The molecule has 268 valence electrons. The Morgan fingerprint density at radius 3 is 0.911 bits per heavy atom. The fourth-order valence-electron chi connectivity index (χ4n) is 5.84. The molecule has 0 aliphatic carbocycles. The molecule has 0 radical (unpaired) electrons. The van der Waals surface area contributed by atoms with Crippen molar-refractivity contribution in [3.05, 3.63) is 24.3 Å². The van der Waals surface area contributed by atoms with Crippen LogP contribution >= 0.6 is 0 Å². The number of likely N-dealkylation sites (N-methyl/N-ethyl adjacent to an activating group) is 1. The Balaban J connectivity index is 3.32. The van der Waals surface area contributed by atoms with Crippen LogP contribution in [0, 0.1) is 0 Å². The average Bonchev–Trinajstić information content (AvgIpc) is 3.03. The van der Waals surface area contributed by atoms with Gasteiger partial charge in [0.15, 0.2) is 0 Å². The molecule has 0 aromatic heterocycles. The van der Waals surface area contributed by atoms with E-state index >= 15 is 0 Å². The second-order valence-electron chi connectivity index (χ2n) is 14.5. The van der Waals surface area contributed by atoms with Gasteiger partial charge in [0.1, 0.15) is 13.1 Å². The minimum atomic E-state index is 0.868. The SMILES string of the molecule is CCCCCCCC/C=C\CCCCCCCCOCC[N+](C)(C)CCOCCCCCCCC/C=C\CCCCCCCC. The highest BCUT2D eigenvalue weighted by molar-refractivity contribution is 4.82. The zero-order valence-electron chi connectivity index (χ0n) is 31.6. The van der Waals surface area contributed by atoms with Gasteiger partial charge in [0.05, 0.1) is 27.3 Å². The fraction of sp³-hybridized carbons (Fsp3) is 0.905. The first kappa shape index (κ1) is 44.4. The van der Waals surface area contributed by atoms with E-state index in [2.05, 4.69) is 52.2 Å². The molecule has 0 saturated heterocycles. The van der Waals surface area contributed by atoms with Crippen molar-refractivity contribution in [3.8, 4) is 0 Å². The highest BCUT2D eigenvalue weighted by Crippen LogP contribution is 2.12. The maximum atomic E-state index is 5.96. The number of hydrogen-bond acceptors (Lipinski definition) is 2. The summed E-state index contributed by atoms with van der Waals surface area (Å²) >= 11 is 0. The van der Waals surface area contributed by atoms with E-state index in [4.69, 9.17) is 9.47 Å². The Labute approximate surface area is 285 Å². The van der Waals surface area contributed by atoms with Gasteiger partial charge in [0.2, 0.25) is 0 Å². The number of ether oxygens (including phenoxy) is 2. The van der Waals surface area contributed by atoms with E-state index in [9.17, 15) is 0 Å². The first-order valence-electron chi connectivity index (χ1n) is 20.4. The second-order valence-corrected chi connectivity index (χ2v) is 14.5. The Bertz CT molecular complexity index is 550. The quantitative estimate of drug-likeness (QED) is 0.0382. The lowest BCUT2D eigenvalue weighted by Gasteiger charge is -2.29. The van der Waals surface area contributed by atoms with E-state index < -0.39 is 0 Å². The standard InChI is InChI=1S/C42H84NO2/c1-5-7-9-11-13-15-17-19-21-23-25-27-29-31-33-35-39-44-41-37-43(3,4)38-42-45-40-36-34-32-30-28-26-24-22-20-18-16-14-12-10-8-6-2/h19-22H,5-18,23-42H2,1-4H3/q+1/b21-19-,22-20-. The first-order valence-corrected chi connectivity index (χ1v) is 20.4. The van der Waals surface area contributed by atoms with E-state index in [-0.39, 0.29) is 0 Å². The van der Waals surface area contributed by atoms with Gasteiger partial charge >= 0.3 is 0 Å². The normalized spacial score (nSPS) is 12.4. The van der Waals surface area contributed by atoms with Crippen LogP contribution in [0.4, 0.5) is 0 Å². The van der Waals surface area contributed by atoms with Crippen molar-refractivity contribution in [3.63, 3.8) is 0 Å². The molecule has 0 unspecified atom stereocenters. The van der Waals surface area contributed by atoms with Crippen molar-refractivity contribution in [2.45, 2.75) is 194 Å². The fourth-order valence-corrected chi connectivity index (χ4v) is 5.84. The van der Waals surface area contributed by atoms with Crippen molar-refractivity contribution in [2.24, 2.45) is 0 Å². The first-order chi connectivity index (χ1) is 22.1. The van der Waals surface area contributed by atoms with Gasteiger partial charge in [-0.25, -0.2) is 0 Å². The summed E-state index contributed by atoms with van der Waals surface area (Å²) in [5.41, 5.74) is 0. The van der Waals surface area contributed by atoms with Crippen molar-refractivity contribution in [2.75, 3.05) is 53.6 Å². The number of rotatable bonds is 38. The molecule has 0 aromatic rings. The van der Waals surface area contributed by atoms with Crippen LogP contribution in [0.1, 0.15) is 194 Å². The number of allylic oxidation sites excluding steroid dienone is 4. The molecule has 3 heteroatoms. The van der Waals surface area contributed by atoms with Crippen LogP contribution in [-0.4, -0.2) is 58.1 Å². The molecule has 0 aliphatic rings. The number of quaternary nitrogens is 1. The number of hydrogen-bond donors (Lipinski definition) is 0. The minimum Gasteiger partial charge on any atom is -0.376 e. The highest BCUT2D eigenvalue weighted by Gasteiger charge is 2.14. The third kappa shape index (κ3) is 39.5. The van der Waals surface area contributed by atoms with Crippen LogP contribution in [0.3, 0.4) is 0 Å². The molecular formula is C42H84NO2+. The van der Waals surface area contributed by atoms with Crippen molar-refractivity contribution < 1.29 is 14.0 Å². The van der Waals surface area contributed by atoms with Crippen LogP contribution < -0.4 is 0 Å². The van der Waals surface area contributed by atoms with Gasteiger partial charge in [-0.2, -0.15) is 0 Å². The number of nitrogens with zero attached hydrogens (tertiary/aromatic N) is 1. The largest absolute Gasteiger partial charge is 0.376 e. The Kier molecular flexibility index (Phi) is 37.3. The van der Waals surface area contributed by atoms with Crippen molar-refractivity contribution >= 4 is 0 Å². The van der Waals surface area contributed by atoms with Gasteiger partial charge < -0.3 is 14.0 Å². The summed E-state index contributed by atoms with van der Waals surface area (Å²) in [6.45, 7) is 10.3. The van der Waals surface area contributed by atoms with Crippen LogP contribution in [0.15, 0.2) is 24.3 Å². The highest BCUT2D eigenvalue weighted by atomic mass is 16.5. The third-order valence-corrected chi connectivity index (χ3v) is 9.28. The van der Waals surface area contributed by atoms with Crippen molar-refractivity contribution in [1.29, 1.82) is 0 Å². The van der Waals surface area contributed by atoms with Gasteiger partial charge in [-0.05, 0) is 64.2 Å².